The molecule has 0 aliphatic carbocycles. The summed E-state index contributed by atoms with van der Waals surface area (Å²) in [6, 6.07) is 0. The van der Waals surface area contributed by atoms with Crippen molar-refractivity contribution in [3.05, 3.63) is 11.9 Å². The molecule has 21 heavy (non-hydrogen) atoms. The van der Waals surface area contributed by atoms with E-state index in [2.05, 4.69) is 9.89 Å². The van der Waals surface area contributed by atoms with Gasteiger partial charge < -0.3 is 25.3 Å². The summed E-state index contributed by atoms with van der Waals surface area (Å²) in [6.45, 7) is 3.67. The number of carbonyl (C=O) groups is 1. The molecule has 0 radical (unpaired) electrons. The first-order chi connectivity index (χ1) is 9.86. The molecule has 0 amide bonds. The molecule has 0 saturated heterocycles. The Balaban J connectivity index is 0.00000191. The van der Waals surface area contributed by atoms with Crippen LogP contribution >= 0.6 is 0 Å². The lowest BCUT2D eigenvalue weighted by Crippen LogP contribution is -2.45. The monoisotopic (exact) mass is 305 g/mol. The molecule has 1 aliphatic rings. The van der Waals surface area contributed by atoms with Gasteiger partial charge in [-0.2, -0.15) is 0 Å². The number of nitrogens with zero attached hydrogens (tertiary/aromatic N) is 2. The van der Waals surface area contributed by atoms with E-state index in [-0.39, 0.29) is 19.1 Å². The lowest BCUT2D eigenvalue weighted by Gasteiger charge is -2.20. The number of nitrogens with two attached hydrogens (primary N) is 1. The van der Waals surface area contributed by atoms with Crippen molar-refractivity contribution < 1.29 is 23.9 Å². The van der Waals surface area contributed by atoms with Crippen molar-refractivity contribution in [2.45, 2.75) is 32.2 Å². The maximum Gasteiger partial charge on any atom is 0.325 e. The number of aliphatic hydroxyl groups is 1. The van der Waals surface area contributed by atoms with Gasteiger partial charge >= 0.3 is 5.97 Å². The quantitative estimate of drug-likeness (QED) is 0.703. The van der Waals surface area contributed by atoms with Crippen LogP contribution in [0.3, 0.4) is 0 Å². The molecule has 0 spiro atoms. The molecule has 1 atom stereocenters. The van der Waals surface area contributed by atoms with E-state index in [1.54, 1.807) is 18.7 Å². The van der Waals surface area contributed by atoms with E-state index >= 15 is 0 Å². The number of hydrogen-bond acceptors (Lipinski definition) is 7. The molecular formula is C13H24FN3O4. The summed E-state index contributed by atoms with van der Waals surface area (Å²) in [5.74, 6) is -0.167. The Morgan fingerprint density at radius 1 is 1.67 bits per heavy atom. The minimum Gasteiger partial charge on any atom is -0.468 e. The van der Waals surface area contributed by atoms with Gasteiger partial charge in [0.2, 0.25) is 0 Å². The Labute approximate surface area is 124 Å². The minimum atomic E-state index is -1.10. The Kier molecular flexibility index (Phi) is 8.56. The molecule has 0 aromatic carbocycles. The third-order valence-corrected chi connectivity index (χ3v) is 2.89. The highest BCUT2D eigenvalue weighted by Gasteiger charge is 2.28. The average molecular weight is 305 g/mol. The number of oxime groups is 1. The van der Waals surface area contributed by atoms with Gasteiger partial charge in [-0.15, -0.1) is 0 Å². The largest absolute Gasteiger partial charge is 0.468 e. The van der Waals surface area contributed by atoms with Crippen LogP contribution in [-0.2, 0) is 14.4 Å². The number of halogens is 1. The van der Waals surface area contributed by atoms with Gasteiger partial charge in [0, 0.05) is 7.11 Å². The van der Waals surface area contributed by atoms with E-state index < -0.39 is 11.5 Å². The molecule has 1 aliphatic heterocycles. The van der Waals surface area contributed by atoms with Crippen LogP contribution in [0.2, 0.25) is 0 Å². The number of methoxy groups -OCH3 is 1. The third-order valence-electron chi connectivity index (χ3n) is 2.89. The number of rotatable bonds is 6. The lowest BCUT2D eigenvalue weighted by atomic mass is 9.97. The predicted octanol–water partition coefficient (Wildman–Crippen LogP) is 0.742. The maximum atomic E-state index is 13.6. The van der Waals surface area contributed by atoms with Gasteiger partial charge in [0.05, 0.1) is 13.7 Å². The fraction of sp³-hybridized carbons (Fsp3) is 0.692. The van der Waals surface area contributed by atoms with Crippen LogP contribution in [0.5, 0.6) is 0 Å². The van der Waals surface area contributed by atoms with Crippen LogP contribution in [-0.4, -0.2) is 54.8 Å². The summed E-state index contributed by atoms with van der Waals surface area (Å²) in [7, 11) is 2.28. The minimum absolute atomic E-state index is 0.106. The van der Waals surface area contributed by atoms with Gasteiger partial charge in [0.1, 0.15) is 17.2 Å². The Morgan fingerprint density at radius 3 is 2.76 bits per heavy atom. The van der Waals surface area contributed by atoms with E-state index in [9.17, 15) is 9.18 Å². The van der Waals surface area contributed by atoms with Crippen molar-refractivity contribution in [3.63, 3.8) is 0 Å². The van der Waals surface area contributed by atoms with Gasteiger partial charge in [0.25, 0.3) is 0 Å². The summed E-state index contributed by atoms with van der Waals surface area (Å²) in [5, 5.41) is 10.7. The molecule has 0 saturated carbocycles. The predicted molar refractivity (Wildman–Crippen MR) is 76.9 cm³/mol. The molecule has 122 valence electrons. The van der Waals surface area contributed by atoms with Crippen LogP contribution in [0.1, 0.15) is 26.7 Å². The Bertz CT molecular complexity index is 397. The van der Waals surface area contributed by atoms with E-state index in [1.807, 2.05) is 0 Å². The van der Waals surface area contributed by atoms with Crippen LogP contribution in [0.25, 0.3) is 0 Å². The highest BCUT2D eigenvalue weighted by Crippen LogP contribution is 2.14. The fourth-order valence-electron chi connectivity index (χ4n) is 1.61. The molecule has 0 aromatic rings. The van der Waals surface area contributed by atoms with Crippen molar-refractivity contribution in [2.24, 2.45) is 10.9 Å². The first-order valence-electron chi connectivity index (χ1n) is 6.45. The van der Waals surface area contributed by atoms with Crippen molar-refractivity contribution in [1.29, 1.82) is 0 Å². The molecule has 1 unspecified atom stereocenters. The standard InChI is InChI=1S/C12H20FN3O3.CH4O/c1-9-15-19-8-16(9)7-10(13)5-4-6-12(2,14)11(17)18-3;1-2/h5H,4,6-8,14H2,1-3H3;2H,1H3/b10-5+;. The highest BCUT2D eigenvalue weighted by atomic mass is 19.1. The summed E-state index contributed by atoms with van der Waals surface area (Å²) in [5.41, 5.74) is 4.67. The molecule has 7 nitrogen and oxygen atoms in total. The van der Waals surface area contributed by atoms with Crippen LogP contribution < -0.4 is 5.73 Å². The molecule has 1 rings (SSSR count). The Hall–Kier alpha value is -1.67. The number of allylic oxidation sites excluding steroid dienone is 1. The van der Waals surface area contributed by atoms with Crippen molar-refractivity contribution in [1.82, 2.24) is 4.90 Å². The average Bonchev–Trinajstić information content (AvgIpc) is 2.85. The number of carbonyl (C=O) groups excluding carboxylic acids is 1. The van der Waals surface area contributed by atoms with Crippen molar-refractivity contribution in [3.8, 4) is 0 Å². The molecule has 3 N–H and O–H groups in total. The fourth-order valence-corrected chi connectivity index (χ4v) is 1.61. The van der Waals surface area contributed by atoms with E-state index in [0.29, 0.717) is 18.7 Å². The van der Waals surface area contributed by atoms with Gasteiger partial charge in [-0.1, -0.05) is 11.2 Å². The van der Waals surface area contributed by atoms with Crippen molar-refractivity contribution in [2.75, 3.05) is 27.5 Å². The van der Waals surface area contributed by atoms with E-state index in [0.717, 1.165) is 7.11 Å². The van der Waals surface area contributed by atoms with Crippen LogP contribution in [0, 0.1) is 0 Å². The second-order valence-electron chi connectivity index (χ2n) is 4.69. The second-order valence-corrected chi connectivity index (χ2v) is 4.69. The lowest BCUT2D eigenvalue weighted by molar-refractivity contribution is -0.146. The maximum absolute atomic E-state index is 13.6. The number of ether oxygens (including phenoxy) is 1. The molecule has 1 heterocycles. The molecule has 8 heteroatoms. The number of esters is 1. The van der Waals surface area contributed by atoms with Gasteiger partial charge in [-0.3, -0.25) is 4.79 Å². The summed E-state index contributed by atoms with van der Waals surface area (Å²) in [4.78, 5) is 17.8. The zero-order valence-electron chi connectivity index (χ0n) is 12.9. The first-order valence-corrected chi connectivity index (χ1v) is 6.45. The smallest absolute Gasteiger partial charge is 0.325 e. The van der Waals surface area contributed by atoms with E-state index in [1.165, 1.54) is 13.2 Å². The molecule has 0 bridgehead atoms. The Morgan fingerprint density at radius 2 is 2.29 bits per heavy atom. The summed E-state index contributed by atoms with van der Waals surface area (Å²) in [6.07, 6.45) is 2.09. The van der Waals surface area contributed by atoms with Gasteiger partial charge in [-0.05, 0) is 26.7 Å². The molecular weight excluding hydrogens is 281 g/mol. The summed E-state index contributed by atoms with van der Waals surface area (Å²) >= 11 is 0. The zero-order chi connectivity index (χ0) is 16.5. The highest BCUT2D eigenvalue weighted by molar-refractivity contribution is 5.80. The zero-order valence-corrected chi connectivity index (χ0v) is 12.9. The van der Waals surface area contributed by atoms with Crippen LogP contribution in [0.4, 0.5) is 4.39 Å². The molecule has 0 aromatic heterocycles. The second kappa shape index (κ2) is 9.30. The molecule has 0 fully saturated rings. The summed E-state index contributed by atoms with van der Waals surface area (Å²) < 4.78 is 18.2. The SMILES string of the molecule is CO.COC(=O)C(C)(N)CC/C=C(/F)CN1CON=C1C. The van der Waals surface area contributed by atoms with Crippen molar-refractivity contribution >= 4 is 11.8 Å². The van der Waals surface area contributed by atoms with Gasteiger partial charge in [-0.25, -0.2) is 4.39 Å². The third kappa shape index (κ3) is 6.54. The topological polar surface area (TPSA) is 97.4 Å². The number of amidine groups is 1. The first kappa shape index (κ1) is 19.3. The van der Waals surface area contributed by atoms with Crippen LogP contribution in [0.15, 0.2) is 17.1 Å². The van der Waals surface area contributed by atoms with Gasteiger partial charge in [0.15, 0.2) is 6.73 Å². The number of hydrogen-bond donors (Lipinski definition) is 2. The van der Waals surface area contributed by atoms with E-state index in [4.69, 9.17) is 15.7 Å². The normalized spacial score (nSPS) is 17.2. The number of aliphatic hydroxyl groups excluding tert-OH is 1.